The van der Waals surface area contributed by atoms with Crippen LogP contribution in [-0.4, -0.2) is 93.1 Å². The van der Waals surface area contributed by atoms with E-state index in [1.165, 1.54) is 4.31 Å². The van der Waals surface area contributed by atoms with Gasteiger partial charge < -0.3 is 14.5 Å². The number of piperazine rings is 1. The van der Waals surface area contributed by atoms with Gasteiger partial charge in [0.05, 0.1) is 18.3 Å². The quantitative estimate of drug-likeness (QED) is 0.613. The van der Waals surface area contributed by atoms with Gasteiger partial charge in [-0.15, -0.1) is 0 Å². The highest BCUT2D eigenvalue weighted by Gasteiger charge is 2.37. The number of amides is 2. The van der Waals surface area contributed by atoms with Crippen molar-refractivity contribution in [1.82, 2.24) is 14.1 Å². The first-order valence-electron chi connectivity index (χ1n) is 7.92. The molecule has 8 nitrogen and oxygen atoms in total. The van der Waals surface area contributed by atoms with Gasteiger partial charge in [-0.25, -0.2) is 8.42 Å². The highest BCUT2D eigenvalue weighted by Crippen LogP contribution is 2.21. The van der Waals surface area contributed by atoms with Crippen LogP contribution in [0.25, 0.3) is 0 Å². The van der Waals surface area contributed by atoms with Crippen LogP contribution in [0.15, 0.2) is 0 Å². The standard InChI is InChI=1S/C14H25N3O5S/c1-3-23(20,21)17-6-4-15(5-7-17)14(19)12-10-13(18)16(11-12)8-9-22-2/h12H,3-11H2,1-2H3. The van der Waals surface area contributed by atoms with E-state index in [0.717, 1.165) is 0 Å². The minimum atomic E-state index is -3.20. The maximum atomic E-state index is 12.5. The molecule has 0 aromatic heterocycles. The Labute approximate surface area is 137 Å². The average molecular weight is 347 g/mol. The molecular formula is C14H25N3O5S. The Kier molecular flexibility index (Phi) is 5.99. The van der Waals surface area contributed by atoms with Crippen LogP contribution in [0, 0.1) is 5.92 Å². The number of nitrogens with zero attached hydrogens (tertiary/aromatic N) is 3. The third-order valence-electron chi connectivity index (χ3n) is 4.44. The van der Waals surface area contributed by atoms with E-state index in [9.17, 15) is 18.0 Å². The number of hydrogen-bond acceptors (Lipinski definition) is 5. The van der Waals surface area contributed by atoms with Crippen LogP contribution in [0.4, 0.5) is 0 Å². The van der Waals surface area contributed by atoms with E-state index in [1.807, 2.05) is 0 Å². The van der Waals surface area contributed by atoms with E-state index < -0.39 is 10.0 Å². The highest BCUT2D eigenvalue weighted by atomic mass is 32.2. The average Bonchev–Trinajstić information content (AvgIpc) is 2.93. The molecule has 0 aromatic rings. The molecule has 0 saturated carbocycles. The molecule has 0 aromatic carbocycles. The molecule has 2 saturated heterocycles. The first kappa shape index (κ1) is 18.2. The lowest BCUT2D eigenvalue weighted by Gasteiger charge is -2.35. The Morgan fingerprint density at radius 3 is 2.48 bits per heavy atom. The van der Waals surface area contributed by atoms with Gasteiger partial charge in [0.25, 0.3) is 0 Å². The number of carbonyl (C=O) groups is 2. The summed E-state index contributed by atoms with van der Waals surface area (Å²) < 4.78 is 30.1. The van der Waals surface area contributed by atoms with Crippen LogP contribution < -0.4 is 0 Å². The molecule has 2 aliphatic rings. The van der Waals surface area contributed by atoms with E-state index in [-0.39, 0.29) is 29.9 Å². The molecule has 9 heteroatoms. The van der Waals surface area contributed by atoms with Gasteiger partial charge in [-0.3, -0.25) is 9.59 Å². The Morgan fingerprint density at radius 2 is 1.91 bits per heavy atom. The summed E-state index contributed by atoms with van der Waals surface area (Å²) in [6.07, 6.45) is 0.232. The van der Waals surface area contributed by atoms with Crippen LogP contribution in [0.1, 0.15) is 13.3 Å². The molecule has 0 N–H and O–H groups in total. The second-order valence-corrected chi connectivity index (χ2v) is 8.12. The predicted octanol–water partition coefficient (Wildman–Crippen LogP) is -1.02. The number of hydrogen-bond donors (Lipinski definition) is 0. The van der Waals surface area contributed by atoms with Crippen molar-refractivity contribution >= 4 is 21.8 Å². The first-order valence-corrected chi connectivity index (χ1v) is 9.53. The van der Waals surface area contributed by atoms with Crippen LogP contribution >= 0.6 is 0 Å². The maximum absolute atomic E-state index is 12.5. The van der Waals surface area contributed by atoms with Gasteiger partial charge in [0, 0.05) is 52.8 Å². The molecule has 2 rings (SSSR count). The van der Waals surface area contributed by atoms with E-state index in [1.54, 1.807) is 23.8 Å². The molecule has 23 heavy (non-hydrogen) atoms. The highest BCUT2D eigenvalue weighted by molar-refractivity contribution is 7.89. The van der Waals surface area contributed by atoms with Crippen molar-refractivity contribution in [2.75, 3.05) is 58.7 Å². The second-order valence-electron chi connectivity index (χ2n) is 5.86. The Bertz CT molecular complexity index is 543. The normalized spacial score (nSPS) is 23.6. The Morgan fingerprint density at radius 1 is 1.26 bits per heavy atom. The van der Waals surface area contributed by atoms with Crippen LogP contribution in [0.3, 0.4) is 0 Å². The summed E-state index contributed by atoms with van der Waals surface area (Å²) >= 11 is 0. The zero-order valence-corrected chi connectivity index (χ0v) is 14.5. The molecule has 0 bridgehead atoms. The largest absolute Gasteiger partial charge is 0.383 e. The predicted molar refractivity (Wildman–Crippen MR) is 84.2 cm³/mol. The van der Waals surface area contributed by atoms with Gasteiger partial charge in [0.2, 0.25) is 21.8 Å². The monoisotopic (exact) mass is 347 g/mol. The van der Waals surface area contributed by atoms with E-state index >= 15 is 0 Å². The molecule has 2 amide bonds. The van der Waals surface area contributed by atoms with Crippen molar-refractivity contribution in [2.24, 2.45) is 5.92 Å². The lowest BCUT2D eigenvalue weighted by molar-refractivity contribution is -0.137. The van der Waals surface area contributed by atoms with Gasteiger partial charge >= 0.3 is 0 Å². The summed E-state index contributed by atoms with van der Waals surface area (Å²) in [5, 5.41) is 0. The lowest BCUT2D eigenvalue weighted by atomic mass is 10.1. The fraction of sp³-hybridized carbons (Fsp3) is 0.857. The molecular weight excluding hydrogens is 322 g/mol. The summed E-state index contributed by atoms with van der Waals surface area (Å²) in [7, 11) is -1.62. The third-order valence-corrected chi connectivity index (χ3v) is 6.32. The van der Waals surface area contributed by atoms with Crippen LogP contribution in [0.5, 0.6) is 0 Å². The molecule has 0 radical (unpaired) electrons. The molecule has 0 spiro atoms. The summed E-state index contributed by atoms with van der Waals surface area (Å²) in [6.45, 7) is 4.44. The van der Waals surface area contributed by atoms with Crippen molar-refractivity contribution in [3.8, 4) is 0 Å². The topological polar surface area (TPSA) is 87.2 Å². The first-order chi connectivity index (χ1) is 10.9. The van der Waals surface area contributed by atoms with Crippen molar-refractivity contribution in [3.05, 3.63) is 0 Å². The molecule has 1 unspecified atom stereocenters. The zero-order chi connectivity index (χ0) is 17.0. The summed E-state index contributed by atoms with van der Waals surface area (Å²) in [5.74, 6) is -0.319. The second kappa shape index (κ2) is 7.59. The number of ether oxygens (including phenoxy) is 1. The van der Waals surface area contributed by atoms with E-state index in [4.69, 9.17) is 4.74 Å². The number of sulfonamides is 1. The van der Waals surface area contributed by atoms with Gasteiger partial charge in [-0.2, -0.15) is 4.31 Å². The summed E-state index contributed by atoms with van der Waals surface area (Å²) in [6, 6.07) is 0. The van der Waals surface area contributed by atoms with Crippen molar-refractivity contribution < 1.29 is 22.7 Å². The molecule has 2 aliphatic heterocycles. The summed E-state index contributed by atoms with van der Waals surface area (Å²) in [4.78, 5) is 27.8. The van der Waals surface area contributed by atoms with E-state index in [0.29, 0.717) is 45.9 Å². The Hall–Kier alpha value is -1.19. The van der Waals surface area contributed by atoms with Crippen LogP contribution in [-0.2, 0) is 24.3 Å². The van der Waals surface area contributed by atoms with Crippen molar-refractivity contribution in [2.45, 2.75) is 13.3 Å². The van der Waals surface area contributed by atoms with Gasteiger partial charge in [0.15, 0.2) is 0 Å². The smallest absolute Gasteiger partial charge is 0.228 e. The van der Waals surface area contributed by atoms with Gasteiger partial charge in [-0.1, -0.05) is 0 Å². The number of carbonyl (C=O) groups excluding carboxylic acids is 2. The zero-order valence-electron chi connectivity index (χ0n) is 13.7. The maximum Gasteiger partial charge on any atom is 0.228 e. The SMILES string of the molecule is CCS(=O)(=O)N1CCN(C(=O)C2CC(=O)N(CCOC)C2)CC1. The summed E-state index contributed by atoms with van der Waals surface area (Å²) in [5.41, 5.74) is 0. The van der Waals surface area contributed by atoms with Crippen LogP contribution in [0.2, 0.25) is 0 Å². The Balaban J connectivity index is 1.87. The van der Waals surface area contributed by atoms with Gasteiger partial charge in [-0.05, 0) is 6.92 Å². The fourth-order valence-electron chi connectivity index (χ4n) is 2.98. The molecule has 2 fully saturated rings. The number of rotatable bonds is 6. The molecule has 0 aliphatic carbocycles. The minimum Gasteiger partial charge on any atom is -0.383 e. The fourth-order valence-corrected chi connectivity index (χ4v) is 4.07. The molecule has 2 heterocycles. The molecule has 132 valence electrons. The van der Waals surface area contributed by atoms with Crippen molar-refractivity contribution in [3.63, 3.8) is 0 Å². The van der Waals surface area contributed by atoms with E-state index in [2.05, 4.69) is 0 Å². The number of likely N-dealkylation sites (tertiary alicyclic amines) is 1. The van der Waals surface area contributed by atoms with Crippen molar-refractivity contribution in [1.29, 1.82) is 0 Å². The minimum absolute atomic E-state index is 0.0207. The third kappa shape index (κ3) is 4.21. The lowest BCUT2D eigenvalue weighted by Crippen LogP contribution is -2.52. The van der Waals surface area contributed by atoms with Gasteiger partial charge in [0.1, 0.15) is 0 Å². The molecule has 1 atom stereocenters. The number of methoxy groups -OCH3 is 1.